The fourth-order valence-electron chi connectivity index (χ4n) is 9.48. The van der Waals surface area contributed by atoms with Crippen molar-refractivity contribution in [2.24, 2.45) is 0 Å². The van der Waals surface area contributed by atoms with Gasteiger partial charge in [-0.1, -0.05) is 11.6 Å². The van der Waals surface area contributed by atoms with E-state index in [9.17, 15) is 41.1 Å². The van der Waals surface area contributed by atoms with Crippen LogP contribution in [0.5, 0.6) is 0 Å². The van der Waals surface area contributed by atoms with Crippen LogP contribution >= 0.6 is 11.6 Å². The Morgan fingerprint density at radius 2 is 0.984 bits per heavy atom. The second-order valence-electron chi connectivity index (χ2n) is 16.2. The fourth-order valence-corrected chi connectivity index (χ4v) is 9.62. The summed E-state index contributed by atoms with van der Waals surface area (Å²) < 4.78 is 67.9. The number of aromatic amines is 2. The molecule has 4 fully saturated rings. The van der Waals surface area contributed by atoms with E-state index in [0.717, 1.165) is 49.9 Å². The maximum atomic E-state index is 14.0. The number of carbonyl (C=O) groups is 2. The van der Waals surface area contributed by atoms with E-state index in [4.69, 9.17) is 11.6 Å². The van der Waals surface area contributed by atoms with E-state index in [2.05, 4.69) is 20.4 Å². The van der Waals surface area contributed by atoms with Crippen LogP contribution < -0.4 is 30.7 Å². The third-order valence-corrected chi connectivity index (χ3v) is 12.8. The van der Waals surface area contributed by atoms with E-state index in [0.29, 0.717) is 98.7 Å². The fraction of sp³-hybridized carbons (Fsp3) is 0.364. The van der Waals surface area contributed by atoms with E-state index in [1.54, 1.807) is 28.0 Å². The van der Waals surface area contributed by atoms with Crippen LogP contribution in [0.2, 0.25) is 5.15 Å². The average molecular weight is 877 g/mol. The predicted octanol–water partition coefficient (Wildman–Crippen LogP) is 7.67. The van der Waals surface area contributed by atoms with Crippen molar-refractivity contribution in [2.75, 3.05) is 45.8 Å². The van der Waals surface area contributed by atoms with Gasteiger partial charge < -0.3 is 19.6 Å². The van der Waals surface area contributed by atoms with Gasteiger partial charge in [0.2, 0.25) is 11.8 Å². The first kappa shape index (κ1) is 42.6. The number of aromatic nitrogens is 4. The first-order valence-corrected chi connectivity index (χ1v) is 20.8. The summed E-state index contributed by atoms with van der Waals surface area (Å²) in [5.41, 5.74) is 1.17. The third-order valence-electron chi connectivity index (χ3n) is 12.6. The number of nitrogens with zero attached hydrogens (tertiary/aromatic N) is 6. The van der Waals surface area contributed by atoms with Gasteiger partial charge in [0.1, 0.15) is 17.2 Å². The molecule has 4 aliphatic heterocycles. The Bertz CT molecular complexity index is 2610. The highest BCUT2D eigenvalue weighted by Gasteiger charge is 2.47. The molecule has 12 nitrogen and oxygen atoms in total. The summed E-state index contributed by atoms with van der Waals surface area (Å²) in [6.07, 6.45) is 6.10. The highest BCUT2D eigenvalue weighted by atomic mass is 35.5. The summed E-state index contributed by atoms with van der Waals surface area (Å²) in [4.78, 5) is 57.4. The lowest BCUT2D eigenvalue weighted by molar-refractivity contribution is -0.122. The van der Waals surface area contributed by atoms with Crippen LogP contribution in [0.15, 0.2) is 82.4 Å². The second kappa shape index (κ2) is 17.3. The third kappa shape index (κ3) is 8.41. The number of benzene rings is 3. The predicted molar refractivity (Wildman–Crippen MR) is 224 cm³/mol. The van der Waals surface area contributed by atoms with Crippen LogP contribution in [0.4, 0.5) is 44.7 Å². The Morgan fingerprint density at radius 1 is 0.532 bits per heavy atom. The molecule has 3 aromatic carbocycles. The molecule has 0 radical (unpaired) electrons. The van der Waals surface area contributed by atoms with Gasteiger partial charge in [-0.05, 0) is 106 Å². The van der Waals surface area contributed by atoms with Gasteiger partial charge in [0, 0.05) is 74.2 Å². The Hall–Kier alpha value is -6.10. The standard InChI is InChI=1S/C25H23F3N4O2.C19H19ClF2N4O2/c26-17-5-3-16(4-6-17)21-15-22(24(34)30-29-21)31-12-10-25(11-13-31)9-1-2-23(33)32(25)18-7-8-19(27)20(28)14-18;20-16-11-15(18(28)24-23-16)25-8-6-19(7-9-25)5-1-2-17(27)26(19)12-3-4-13(21)14(22)10-12/h3-8,14-15H,1-2,9-13H2,(H,30,34);3-4,10-11H,1-2,5-9H2,(H,24,28). The molecule has 0 aliphatic carbocycles. The van der Waals surface area contributed by atoms with Crippen LogP contribution in [-0.2, 0) is 9.59 Å². The molecule has 6 heterocycles. The molecule has 2 amide bonds. The van der Waals surface area contributed by atoms with Gasteiger partial charge in [-0.2, -0.15) is 10.2 Å². The molecule has 2 spiro atoms. The van der Waals surface area contributed by atoms with Crippen LogP contribution in [0, 0.1) is 29.1 Å². The van der Waals surface area contributed by atoms with Crippen molar-refractivity contribution in [3.8, 4) is 11.3 Å². The molecule has 4 saturated heterocycles. The molecule has 18 heteroatoms. The normalized spacial score (nSPS) is 18.5. The second-order valence-corrected chi connectivity index (χ2v) is 16.6. The Morgan fingerprint density at radius 3 is 1.45 bits per heavy atom. The summed E-state index contributed by atoms with van der Waals surface area (Å²) >= 11 is 5.90. The minimum absolute atomic E-state index is 0.0875. The number of carbonyl (C=O) groups excluding carboxylic acids is 2. The molecular weight excluding hydrogens is 835 g/mol. The quantitative estimate of drug-likeness (QED) is 0.172. The molecule has 324 valence electrons. The molecule has 5 aromatic rings. The Labute approximate surface area is 357 Å². The molecule has 9 rings (SSSR count). The molecule has 2 N–H and O–H groups in total. The van der Waals surface area contributed by atoms with Crippen molar-refractivity contribution < 1.29 is 31.5 Å². The summed E-state index contributed by atoms with van der Waals surface area (Å²) in [6, 6.07) is 16.2. The Kier molecular flexibility index (Phi) is 11.9. The molecule has 0 saturated carbocycles. The van der Waals surface area contributed by atoms with E-state index >= 15 is 0 Å². The highest BCUT2D eigenvalue weighted by molar-refractivity contribution is 6.29. The molecule has 0 unspecified atom stereocenters. The van der Waals surface area contributed by atoms with Gasteiger partial charge in [-0.15, -0.1) is 0 Å². The van der Waals surface area contributed by atoms with Gasteiger partial charge in [0.15, 0.2) is 28.4 Å². The summed E-state index contributed by atoms with van der Waals surface area (Å²) in [7, 11) is 0. The SMILES string of the molecule is O=C1CCCC2(CCN(c3cc(-c4ccc(F)cc4)n[nH]c3=O)CC2)N1c1ccc(F)c(F)c1.O=C1CCCC2(CCN(c3cc(Cl)n[nH]c3=O)CC2)N1c1ccc(F)c(F)c1. The van der Waals surface area contributed by atoms with Crippen molar-refractivity contribution in [1.82, 2.24) is 20.4 Å². The number of H-pyrrole nitrogens is 2. The van der Waals surface area contributed by atoms with Gasteiger partial charge in [0.25, 0.3) is 11.1 Å². The number of anilines is 4. The van der Waals surface area contributed by atoms with Crippen LogP contribution in [0.3, 0.4) is 0 Å². The zero-order valence-electron chi connectivity index (χ0n) is 33.4. The summed E-state index contributed by atoms with van der Waals surface area (Å²) in [5.74, 6) is -4.40. The monoisotopic (exact) mass is 876 g/mol. The number of hydrogen-bond acceptors (Lipinski definition) is 8. The number of halogens is 6. The Balaban J connectivity index is 0.000000174. The smallest absolute Gasteiger partial charge is 0.287 e. The average Bonchev–Trinajstić information content (AvgIpc) is 3.26. The van der Waals surface area contributed by atoms with E-state index < -0.39 is 34.3 Å². The minimum Gasteiger partial charge on any atom is -0.367 e. The summed E-state index contributed by atoms with van der Waals surface area (Å²) in [5, 5.41) is 12.9. The molecule has 2 aromatic heterocycles. The number of hydrogen-bond donors (Lipinski definition) is 2. The van der Waals surface area contributed by atoms with E-state index in [-0.39, 0.29) is 33.9 Å². The minimum atomic E-state index is -0.986. The van der Waals surface area contributed by atoms with Gasteiger partial charge >= 0.3 is 0 Å². The zero-order chi connectivity index (χ0) is 43.8. The number of amides is 2. The maximum Gasteiger partial charge on any atom is 0.287 e. The van der Waals surface area contributed by atoms with Crippen LogP contribution in [0.25, 0.3) is 11.3 Å². The van der Waals surface area contributed by atoms with Gasteiger partial charge in [-0.25, -0.2) is 32.1 Å². The van der Waals surface area contributed by atoms with Crippen molar-refractivity contribution in [1.29, 1.82) is 0 Å². The topological polar surface area (TPSA) is 139 Å². The van der Waals surface area contributed by atoms with Crippen LogP contribution in [0.1, 0.15) is 64.2 Å². The van der Waals surface area contributed by atoms with Crippen molar-refractivity contribution >= 4 is 46.2 Å². The van der Waals surface area contributed by atoms with Gasteiger partial charge in [-0.3, -0.25) is 19.2 Å². The molecule has 0 atom stereocenters. The van der Waals surface area contributed by atoms with E-state index in [1.807, 2.05) is 9.80 Å². The lowest BCUT2D eigenvalue weighted by atomic mass is 9.77. The van der Waals surface area contributed by atoms with Crippen LogP contribution in [-0.4, -0.2) is 69.5 Å². The van der Waals surface area contributed by atoms with Gasteiger partial charge in [0.05, 0.1) is 16.8 Å². The number of nitrogens with one attached hydrogen (secondary N) is 2. The summed E-state index contributed by atoms with van der Waals surface area (Å²) in [6.45, 7) is 2.08. The zero-order valence-corrected chi connectivity index (χ0v) is 34.2. The maximum absolute atomic E-state index is 14.0. The van der Waals surface area contributed by atoms with Crippen molar-refractivity contribution in [3.05, 3.63) is 128 Å². The number of rotatable bonds is 5. The number of piperidine rings is 4. The first-order valence-electron chi connectivity index (χ1n) is 20.4. The largest absolute Gasteiger partial charge is 0.367 e. The van der Waals surface area contributed by atoms with Crippen molar-refractivity contribution in [3.63, 3.8) is 0 Å². The first-order chi connectivity index (χ1) is 29.8. The molecular formula is C44H42ClF5N8O4. The van der Waals surface area contributed by atoms with Crippen molar-refractivity contribution in [2.45, 2.75) is 75.3 Å². The lowest BCUT2D eigenvalue weighted by Crippen LogP contribution is -2.60. The molecule has 4 aliphatic rings. The molecule has 62 heavy (non-hydrogen) atoms. The highest BCUT2D eigenvalue weighted by Crippen LogP contribution is 2.43. The lowest BCUT2D eigenvalue weighted by Gasteiger charge is -2.51. The van der Waals surface area contributed by atoms with E-state index in [1.165, 1.54) is 30.3 Å². The molecule has 0 bridgehead atoms.